The van der Waals surface area contributed by atoms with Gasteiger partial charge in [0.2, 0.25) is 5.82 Å². The zero-order valence-corrected chi connectivity index (χ0v) is 8.62. The lowest BCUT2D eigenvalue weighted by atomic mass is 10.2. The number of carbonyl (C=O) groups is 1. The Morgan fingerprint density at radius 1 is 1.64 bits per heavy atom. The first-order chi connectivity index (χ1) is 6.77. The Balaban J connectivity index is 2.73. The van der Waals surface area contributed by atoms with Crippen LogP contribution in [0.5, 0.6) is 0 Å². The van der Waals surface area contributed by atoms with Gasteiger partial charge in [-0.15, -0.1) is 11.6 Å². The zero-order valence-electron chi connectivity index (χ0n) is 7.86. The van der Waals surface area contributed by atoms with E-state index >= 15 is 0 Å². The summed E-state index contributed by atoms with van der Waals surface area (Å²) in [5, 5.41) is 0. The number of halogens is 1. The average molecular weight is 215 g/mol. The fourth-order valence-corrected chi connectivity index (χ4v) is 1.11. The minimum absolute atomic E-state index is 0.0968. The summed E-state index contributed by atoms with van der Waals surface area (Å²) < 4.78 is 4.51. The average Bonchev–Trinajstić information content (AvgIpc) is 2.25. The van der Waals surface area contributed by atoms with E-state index in [1.54, 1.807) is 12.3 Å². The molecule has 0 aromatic carbocycles. The smallest absolute Gasteiger partial charge is 0.376 e. The molecule has 0 unspecified atom stereocenters. The lowest BCUT2D eigenvalue weighted by molar-refractivity contribution is 0.0586. The molecule has 1 aromatic rings. The topological polar surface area (TPSA) is 52.1 Å². The molecule has 1 rings (SSSR count). The number of nitrogens with zero attached hydrogens (tertiary/aromatic N) is 2. The van der Waals surface area contributed by atoms with Gasteiger partial charge in [0.15, 0.2) is 0 Å². The van der Waals surface area contributed by atoms with Crippen molar-refractivity contribution in [2.75, 3.05) is 13.0 Å². The predicted molar refractivity (Wildman–Crippen MR) is 52.4 cm³/mol. The molecule has 0 saturated carbocycles. The van der Waals surface area contributed by atoms with Crippen LogP contribution in [-0.4, -0.2) is 28.9 Å². The second kappa shape index (κ2) is 5.54. The number of hydrogen-bond donors (Lipinski definition) is 0. The van der Waals surface area contributed by atoms with Crippen molar-refractivity contribution in [2.24, 2.45) is 0 Å². The summed E-state index contributed by atoms with van der Waals surface area (Å²) in [4.78, 5) is 18.9. The van der Waals surface area contributed by atoms with Gasteiger partial charge in [0.1, 0.15) is 0 Å². The van der Waals surface area contributed by atoms with Crippen LogP contribution in [0.4, 0.5) is 0 Å². The molecule has 1 heterocycles. The quantitative estimate of drug-likeness (QED) is 0.562. The van der Waals surface area contributed by atoms with Gasteiger partial charge >= 0.3 is 5.97 Å². The molecule has 76 valence electrons. The molecule has 0 radical (unpaired) electrons. The van der Waals surface area contributed by atoms with Crippen molar-refractivity contribution in [3.05, 3.63) is 23.8 Å². The zero-order chi connectivity index (χ0) is 10.4. The van der Waals surface area contributed by atoms with Gasteiger partial charge in [0.25, 0.3) is 0 Å². The third kappa shape index (κ3) is 2.96. The Labute approximate surface area is 87.3 Å². The maximum absolute atomic E-state index is 11.1. The molecule has 0 amide bonds. The van der Waals surface area contributed by atoms with Gasteiger partial charge in [-0.25, -0.2) is 14.8 Å². The van der Waals surface area contributed by atoms with E-state index in [2.05, 4.69) is 14.7 Å². The summed E-state index contributed by atoms with van der Waals surface area (Å²) in [6.07, 6.45) is 3.12. The number of rotatable bonds is 4. The van der Waals surface area contributed by atoms with Crippen LogP contribution in [0.15, 0.2) is 12.3 Å². The summed E-state index contributed by atoms with van der Waals surface area (Å²) in [6, 6.07) is 1.76. The number of alkyl halides is 1. The molecule has 0 N–H and O–H groups in total. The standard InChI is InChI=1S/C9H11ClN2O2/c1-14-9(13)8-11-6-4-7(12-8)3-2-5-10/h4,6H,2-3,5H2,1H3. The second-order valence-corrected chi connectivity index (χ2v) is 3.03. The first-order valence-corrected chi connectivity index (χ1v) is 4.77. The fraction of sp³-hybridized carbons (Fsp3) is 0.444. The lowest BCUT2D eigenvalue weighted by Gasteiger charge is -2.00. The molecule has 0 aliphatic heterocycles. The molecule has 0 aliphatic rings. The highest BCUT2D eigenvalue weighted by molar-refractivity contribution is 6.17. The Hall–Kier alpha value is -1.16. The summed E-state index contributed by atoms with van der Waals surface area (Å²) in [5.74, 6) is 0.162. The fourth-order valence-electron chi connectivity index (χ4n) is 0.973. The van der Waals surface area contributed by atoms with Crippen LogP contribution in [0.25, 0.3) is 0 Å². The highest BCUT2D eigenvalue weighted by Gasteiger charge is 2.08. The van der Waals surface area contributed by atoms with Crippen molar-refractivity contribution >= 4 is 17.6 Å². The third-order valence-electron chi connectivity index (χ3n) is 1.65. The molecule has 0 bridgehead atoms. The minimum Gasteiger partial charge on any atom is -0.463 e. The molecule has 14 heavy (non-hydrogen) atoms. The number of ether oxygens (including phenoxy) is 1. The van der Waals surface area contributed by atoms with Crippen LogP contribution in [-0.2, 0) is 11.2 Å². The normalized spacial score (nSPS) is 9.86. The minimum atomic E-state index is -0.516. The first kappa shape index (κ1) is 10.9. The van der Waals surface area contributed by atoms with E-state index in [4.69, 9.17) is 11.6 Å². The van der Waals surface area contributed by atoms with Crippen molar-refractivity contribution in [2.45, 2.75) is 12.8 Å². The number of esters is 1. The molecule has 0 spiro atoms. The Kier molecular flexibility index (Phi) is 4.32. The molecule has 5 heteroatoms. The van der Waals surface area contributed by atoms with Crippen molar-refractivity contribution in [1.82, 2.24) is 9.97 Å². The van der Waals surface area contributed by atoms with Gasteiger partial charge in [0, 0.05) is 17.8 Å². The summed E-state index contributed by atoms with van der Waals surface area (Å²) >= 11 is 5.55. The van der Waals surface area contributed by atoms with Gasteiger partial charge < -0.3 is 4.74 Å². The van der Waals surface area contributed by atoms with E-state index in [-0.39, 0.29) is 5.82 Å². The first-order valence-electron chi connectivity index (χ1n) is 4.24. The summed E-state index contributed by atoms with van der Waals surface area (Å²) in [5.41, 5.74) is 0.807. The molecule has 0 aliphatic carbocycles. The second-order valence-electron chi connectivity index (χ2n) is 2.66. The Bertz CT molecular complexity index is 317. The Morgan fingerprint density at radius 2 is 2.43 bits per heavy atom. The van der Waals surface area contributed by atoms with E-state index in [1.807, 2.05) is 0 Å². The van der Waals surface area contributed by atoms with Gasteiger partial charge in [-0.2, -0.15) is 0 Å². The van der Waals surface area contributed by atoms with E-state index in [9.17, 15) is 4.79 Å². The van der Waals surface area contributed by atoms with Crippen LogP contribution >= 0.6 is 11.6 Å². The number of methoxy groups -OCH3 is 1. The molecular weight excluding hydrogens is 204 g/mol. The van der Waals surface area contributed by atoms with Crippen LogP contribution < -0.4 is 0 Å². The molecule has 0 atom stereocenters. The summed E-state index contributed by atoms with van der Waals surface area (Å²) in [6.45, 7) is 0. The van der Waals surface area contributed by atoms with Crippen molar-refractivity contribution in [3.63, 3.8) is 0 Å². The predicted octanol–water partition coefficient (Wildman–Crippen LogP) is 1.43. The highest BCUT2D eigenvalue weighted by atomic mass is 35.5. The third-order valence-corrected chi connectivity index (χ3v) is 1.92. The van der Waals surface area contributed by atoms with E-state index in [0.717, 1.165) is 18.5 Å². The number of hydrogen-bond acceptors (Lipinski definition) is 4. The van der Waals surface area contributed by atoms with Crippen LogP contribution in [0.1, 0.15) is 22.7 Å². The maximum Gasteiger partial charge on any atom is 0.376 e. The van der Waals surface area contributed by atoms with E-state index in [1.165, 1.54) is 7.11 Å². The molecule has 0 fully saturated rings. The number of aromatic nitrogens is 2. The largest absolute Gasteiger partial charge is 0.463 e. The SMILES string of the molecule is COC(=O)c1nccc(CCCCl)n1. The highest BCUT2D eigenvalue weighted by Crippen LogP contribution is 2.01. The molecule has 4 nitrogen and oxygen atoms in total. The molecule has 1 aromatic heterocycles. The van der Waals surface area contributed by atoms with Crippen molar-refractivity contribution < 1.29 is 9.53 Å². The van der Waals surface area contributed by atoms with Crippen molar-refractivity contribution in [1.29, 1.82) is 0 Å². The number of carbonyl (C=O) groups excluding carboxylic acids is 1. The Morgan fingerprint density at radius 3 is 3.07 bits per heavy atom. The van der Waals surface area contributed by atoms with Crippen LogP contribution in [0.2, 0.25) is 0 Å². The molecule has 0 saturated heterocycles. The van der Waals surface area contributed by atoms with Gasteiger partial charge in [-0.1, -0.05) is 0 Å². The van der Waals surface area contributed by atoms with Gasteiger partial charge in [0.05, 0.1) is 7.11 Å². The van der Waals surface area contributed by atoms with E-state index < -0.39 is 5.97 Å². The monoisotopic (exact) mass is 214 g/mol. The molecular formula is C9H11ClN2O2. The van der Waals surface area contributed by atoms with Gasteiger partial charge in [-0.3, -0.25) is 0 Å². The van der Waals surface area contributed by atoms with Gasteiger partial charge in [-0.05, 0) is 18.9 Å². The summed E-state index contributed by atoms with van der Waals surface area (Å²) in [7, 11) is 1.30. The van der Waals surface area contributed by atoms with Crippen LogP contribution in [0.3, 0.4) is 0 Å². The van der Waals surface area contributed by atoms with E-state index in [0.29, 0.717) is 5.88 Å². The van der Waals surface area contributed by atoms with Crippen molar-refractivity contribution in [3.8, 4) is 0 Å². The maximum atomic E-state index is 11.1. The number of aryl methyl sites for hydroxylation is 1. The lowest BCUT2D eigenvalue weighted by Crippen LogP contribution is -2.08. The van der Waals surface area contributed by atoms with Crippen LogP contribution in [0, 0.1) is 0 Å².